The number of carbonyl (C=O) groups excluding carboxylic acids is 1. The number of ether oxygens (including phenoxy) is 1. The smallest absolute Gasteiger partial charge is 0.236 e. The number of nitrogens with zero attached hydrogens (tertiary/aromatic N) is 1. The van der Waals surface area contributed by atoms with Crippen molar-refractivity contribution in [3.8, 4) is 5.75 Å². The minimum absolute atomic E-state index is 0.0892. The fraction of sp³-hybridized carbons (Fsp3) is 0.364. The average Bonchev–Trinajstić information content (AvgIpc) is 2.15. The van der Waals surface area contributed by atoms with E-state index < -0.39 is 5.91 Å². The molecule has 1 aliphatic rings. The van der Waals surface area contributed by atoms with Gasteiger partial charge >= 0.3 is 0 Å². The molecule has 0 radical (unpaired) electrons. The molecule has 1 aromatic carbocycles. The minimum atomic E-state index is -0.413. The van der Waals surface area contributed by atoms with Gasteiger partial charge in [0.15, 0.2) is 0 Å². The second kappa shape index (κ2) is 4.00. The van der Waals surface area contributed by atoms with E-state index in [4.69, 9.17) is 10.5 Å². The number of halogens is 1. The van der Waals surface area contributed by atoms with Crippen LogP contribution in [0.3, 0.4) is 0 Å². The first-order chi connectivity index (χ1) is 7.56. The number of nitrogens with two attached hydrogens (primary N) is 1. The Bertz CT molecular complexity index is 422. The highest BCUT2D eigenvalue weighted by molar-refractivity contribution is 5.80. The second-order valence-electron chi connectivity index (χ2n) is 3.89. The molecule has 1 heterocycles. The highest BCUT2D eigenvalue weighted by Gasteiger charge is 2.24. The summed E-state index contributed by atoms with van der Waals surface area (Å²) in [6, 6.07) is 4.25. The number of anilines is 1. The summed E-state index contributed by atoms with van der Waals surface area (Å²) in [4.78, 5) is 12.7. The van der Waals surface area contributed by atoms with Crippen molar-refractivity contribution in [2.75, 3.05) is 18.0 Å². The Kier molecular flexibility index (Phi) is 2.68. The summed E-state index contributed by atoms with van der Waals surface area (Å²) >= 11 is 0. The molecule has 2 N–H and O–H groups in total. The van der Waals surface area contributed by atoms with Gasteiger partial charge in [0.25, 0.3) is 0 Å². The SMILES string of the molecule is CC1CN(CC(N)=O)c2ccc(F)cc2O1. The molecule has 1 aromatic rings. The Hall–Kier alpha value is -1.78. The van der Waals surface area contributed by atoms with E-state index >= 15 is 0 Å². The third-order valence-corrected chi connectivity index (χ3v) is 2.41. The van der Waals surface area contributed by atoms with Crippen LogP contribution in [-0.2, 0) is 4.79 Å². The average molecular weight is 224 g/mol. The molecule has 4 nitrogen and oxygen atoms in total. The number of fused-ring (bicyclic) bond motifs is 1. The van der Waals surface area contributed by atoms with Gasteiger partial charge in [-0.3, -0.25) is 4.79 Å². The number of primary amides is 1. The van der Waals surface area contributed by atoms with E-state index in [9.17, 15) is 9.18 Å². The zero-order valence-electron chi connectivity index (χ0n) is 8.94. The predicted molar refractivity (Wildman–Crippen MR) is 57.9 cm³/mol. The van der Waals surface area contributed by atoms with Gasteiger partial charge in [-0.15, -0.1) is 0 Å². The zero-order valence-corrected chi connectivity index (χ0v) is 8.94. The summed E-state index contributed by atoms with van der Waals surface area (Å²) in [5.74, 6) is -0.309. The van der Waals surface area contributed by atoms with Crippen molar-refractivity contribution in [3.63, 3.8) is 0 Å². The maximum Gasteiger partial charge on any atom is 0.236 e. The van der Waals surface area contributed by atoms with Crippen molar-refractivity contribution in [3.05, 3.63) is 24.0 Å². The second-order valence-corrected chi connectivity index (χ2v) is 3.89. The Balaban J connectivity index is 2.34. The summed E-state index contributed by atoms with van der Waals surface area (Å²) in [7, 11) is 0. The summed E-state index contributed by atoms with van der Waals surface area (Å²) < 4.78 is 18.5. The fourth-order valence-electron chi connectivity index (χ4n) is 1.84. The molecule has 0 aromatic heterocycles. The fourth-order valence-corrected chi connectivity index (χ4v) is 1.84. The molecular weight excluding hydrogens is 211 g/mol. The Morgan fingerprint density at radius 3 is 3.12 bits per heavy atom. The first-order valence-corrected chi connectivity index (χ1v) is 5.05. The largest absolute Gasteiger partial charge is 0.487 e. The van der Waals surface area contributed by atoms with E-state index in [1.54, 1.807) is 11.0 Å². The van der Waals surface area contributed by atoms with Crippen molar-refractivity contribution in [2.24, 2.45) is 5.73 Å². The molecule has 5 heteroatoms. The van der Waals surface area contributed by atoms with Crippen LogP contribution >= 0.6 is 0 Å². The molecule has 0 saturated heterocycles. The lowest BCUT2D eigenvalue weighted by atomic mass is 10.2. The number of benzene rings is 1. The third-order valence-electron chi connectivity index (χ3n) is 2.41. The summed E-state index contributed by atoms with van der Waals surface area (Å²) in [5, 5.41) is 0. The van der Waals surface area contributed by atoms with Crippen molar-refractivity contribution in [1.29, 1.82) is 0 Å². The lowest BCUT2D eigenvalue weighted by molar-refractivity contribution is -0.116. The van der Waals surface area contributed by atoms with E-state index in [-0.39, 0.29) is 18.5 Å². The normalized spacial score (nSPS) is 18.9. The predicted octanol–water partition coefficient (Wildman–Crippen LogP) is 0.898. The van der Waals surface area contributed by atoms with Gasteiger partial charge in [0.2, 0.25) is 5.91 Å². The summed E-state index contributed by atoms with van der Waals surface area (Å²) in [6.07, 6.45) is -0.0892. The Labute approximate surface area is 92.8 Å². The van der Waals surface area contributed by atoms with Crippen molar-refractivity contribution >= 4 is 11.6 Å². The monoisotopic (exact) mass is 224 g/mol. The number of hydrogen-bond acceptors (Lipinski definition) is 3. The zero-order chi connectivity index (χ0) is 11.7. The topological polar surface area (TPSA) is 55.6 Å². The minimum Gasteiger partial charge on any atom is -0.487 e. The van der Waals surface area contributed by atoms with Gasteiger partial charge in [0.05, 0.1) is 18.8 Å². The van der Waals surface area contributed by atoms with Crippen LogP contribution in [0.15, 0.2) is 18.2 Å². The molecule has 0 aliphatic carbocycles. The molecule has 1 amide bonds. The lowest BCUT2D eigenvalue weighted by Crippen LogP contribution is -2.42. The van der Waals surface area contributed by atoms with Gasteiger partial charge in [0, 0.05) is 6.07 Å². The van der Waals surface area contributed by atoms with Crippen LogP contribution in [0, 0.1) is 5.82 Å². The number of amides is 1. The lowest BCUT2D eigenvalue weighted by Gasteiger charge is -2.34. The highest BCUT2D eigenvalue weighted by atomic mass is 19.1. The van der Waals surface area contributed by atoms with Crippen molar-refractivity contribution in [1.82, 2.24) is 0 Å². The molecule has 16 heavy (non-hydrogen) atoms. The van der Waals surface area contributed by atoms with Crippen LogP contribution in [0.2, 0.25) is 0 Å². The van der Waals surface area contributed by atoms with Gasteiger partial charge < -0.3 is 15.4 Å². The van der Waals surface area contributed by atoms with Gasteiger partial charge in [-0.2, -0.15) is 0 Å². The molecule has 0 fully saturated rings. The van der Waals surface area contributed by atoms with Crippen LogP contribution < -0.4 is 15.4 Å². The van der Waals surface area contributed by atoms with E-state index in [2.05, 4.69) is 0 Å². The van der Waals surface area contributed by atoms with Crippen molar-refractivity contribution in [2.45, 2.75) is 13.0 Å². The first kappa shape index (κ1) is 10.7. The van der Waals surface area contributed by atoms with E-state index in [0.29, 0.717) is 18.0 Å². The van der Waals surface area contributed by atoms with E-state index in [1.165, 1.54) is 12.1 Å². The van der Waals surface area contributed by atoms with Crippen LogP contribution in [0.1, 0.15) is 6.92 Å². The summed E-state index contributed by atoms with van der Waals surface area (Å²) in [6.45, 7) is 2.55. The quantitative estimate of drug-likeness (QED) is 0.812. The van der Waals surface area contributed by atoms with Crippen LogP contribution in [0.4, 0.5) is 10.1 Å². The maximum atomic E-state index is 13.0. The van der Waals surface area contributed by atoms with Gasteiger partial charge in [-0.25, -0.2) is 4.39 Å². The van der Waals surface area contributed by atoms with Crippen LogP contribution in [0.25, 0.3) is 0 Å². The molecule has 1 atom stereocenters. The van der Waals surface area contributed by atoms with E-state index in [0.717, 1.165) is 0 Å². The van der Waals surface area contributed by atoms with Gasteiger partial charge in [-0.1, -0.05) is 0 Å². The molecule has 86 valence electrons. The van der Waals surface area contributed by atoms with Gasteiger partial charge in [0.1, 0.15) is 17.7 Å². The standard InChI is InChI=1S/C11H13FN2O2/c1-7-5-14(6-11(13)15)9-3-2-8(12)4-10(9)16-7/h2-4,7H,5-6H2,1H3,(H2,13,15). The highest BCUT2D eigenvalue weighted by Crippen LogP contribution is 2.33. The van der Waals surface area contributed by atoms with Gasteiger partial charge in [-0.05, 0) is 19.1 Å². The Morgan fingerprint density at radius 2 is 2.44 bits per heavy atom. The number of rotatable bonds is 2. The molecule has 0 bridgehead atoms. The molecular formula is C11H13FN2O2. The molecule has 0 saturated carbocycles. The van der Waals surface area contributed by atoms with Crippen molar-refractivity contribution < 1.29 is 13.9 Å². The van der Waals surface area contributed by atoms with Crippen LogP contribution in [-0.4, -0.2) is 25.1 Å². The summed E-state index contributed by atoms with van der Waals surface area (Å²) in [5.41, 5.74) is 5.87. The first-order valence-electron chi connectivity index (χ1n) is 5.05. The number of carbonyl (C=O) groups is 1. The Morgan fingerprint density at radius 1 is 1.69 bits per heavy atom. The number of hydrogen-bond donors (Lipinski definition) is 1. The van der Waals surface area contributed by atoms with E-state index in [1.807, 2.05) is 6.92 Å². The molecule has 1 unspecified atom stereocenters. The molecule has 1 aliphatic heterocycles. The van der Waals surface area contributed by atoms with Crippen LogP contribution in [0.5, 0.6) is 5.75 Å². The maximum absolute atomic E-state index is 13.0. The third kappa shape index (κ3) is 2.08. The molecule has 2 rings (SSSR count). The molecule has 0 spiro atoms.